The van der Waals surface area contributed by atoms with Gasteiger partial charge in [0.1, 0.15) is 11.4 Å². The molecule has 120 valence electrons. The number of aromatic nitrogens is 1. The standard InChI is InChI=1S/C16H15ClN2O3S/c1-16(2)8-13(14-6-3-10(17)9-18-14)12-5-4-11(19-23(20)21)7-15(12)22-16/h3-9,19H,1-2H3,(H,20,21). The van der Waals surface area contributed by atoms with Crippen molar-refractivity contribution >= 4 is 34.1 Å². The van der Waals surface area contributed by atoms with Crippen LogP contribution >= 0.6 is 11.6 Å². The highest BCUT2D eigenvalue weighted by Gasteiger charge is 2.28. The Hall–Kier alpha value is -1.89. The average molecular weight is 351 g/mol. The summed E-state index contributed by atoms with van der Waals surface area (Å²) in [5.74, 6) is 0.625. The number of pyridine rings is 1. The highest BCUT2D eigenvalue weighted by Crippen LogP contribution is 2.40. The van der Waals surface area contributed by atoms with Crippen LogP contribution in [-0.2, 0) is 11.3 Å². The van der Waals surface area contributed by atoms with E-state index in [9.17, 15) is 4.21 Å². The van der Waals surface area contributed by atoms with E-state index in [-0.39, 0.29) is 0 Å². The van der Waals surface area contributed by atoms with Crippen molar-refractivity contribution in [3.8, 4) is 5.75 Å². The average Bonchev–Trinajstić information content (AvgIpc) is 2.45. The minimum absolute atomic E-state index is 0.505. The maximum Gasteiger partial charge on any atom is 0.259 e. The van der Waals surface area contributed by atoms with Gasteiger partial charge in [0, 0.05) is 23.4 Å². The molecule has 1 aromatic heterocycles. The number of ether oxygens (including phenoxy) is 1. The first-order valence-corrected chi connectivity index (χ1v) is 8.38. The number of fused-ring (bicyclic) bond motifs is 1. The van der Waals surface area contributed by atoms with Crippen LogP contribution in [0.4, 0.5) is 5.69 Å². The molecule has 1 unspecified atom stereocenters. The van der Waals surface area contributed by atoms with E-state index in [1.165, 1.54) is 0 Å². The smallest absolute Gasteiger partial charge is 0.259 e. The van der Waals surface area contributed by atoms with E-state index >= 15 is 0 Å². The SMILES string of the molecule is CC1(C)C=C(c2ccc(Cl)cn2)c2ccc(NS(=O)O)cc2O1. The van der Waals surface area contributed by atoms with Crippen LogP contribution in [0.25, 0.3) is 5.57 Å². The number of nitrogens with zero attached hydrogens (tertiary/aromatic N) is 1. The molecule has 1 atom stereocenters. The first-order valence-electron chi connectivity index (χ1n) is 6.90. The molecule has 0 amide bonds. The van der Waals surface area contributed by atoms with E-state index in [1.54, 1.807) is 24.4 Å². The predicted octanol–water partition coefficient (Wildman–Crippen LogP) is 3.89. The molecule has 7 heteroatoms. The van der Waals surface area contributed by atoms with E-state index in [0.717, 1.165) is 16.8 Å². The van der Waals surface area contributed by atoms with E-state index in [1.807, 2.05) is 32.1 Å². The number of hydrogen-bond acceptors (Lipinski definition) is 3. The first kappa shape index (κ1) is 16.0. The Morgan fingerprint density at radius 2 is 2.09 bits per heavy atom. The van der Waals surface area contributed by atoms with Gasteiger partial charge in [-0.2, -0.15) is 0 Å². The molecule has 0 saturated carbocycles. The monoisotopic (exact) mass is 350 g/mol. The molecule has 2 aromatic rings. The Morgan fingerprint density at radius 3 is 2.74 bits per heavy atom. The van der Waals surface area contributed by atoms with Gasteiger partial charge in [0.05, 0.1) is 16.4 Å². The second-order valence-corrected chi connectivity index (χ2v) is 6.83. The lowest BCUT2D eigenvalue weighted by Gasteiger charge is -2.31. The molecule has 1 aromatic carbocycles. The summed E-state index contributed by atoms with van der Waals surface area (Å²) in [5, 5.41) is 0.575. The lowest BCUT2D eigenvalue weighted by atomic mass is 9.92. The van der Waals surface area contributed by atoms with Crippen molar-refractivity contribution in [2.24, 2.45) is 0 Å². The zero-order valence-electron chi connectivity index (χ0n) is 12.5. The highest BCUT2D eigenvalue weighted by atomic mass is 35.5. The maximum absolute atomic E-state index is 10.9. The number of halogens is 1. The second kappa shape index (κ2) is 5.96. The van der Waals surface area contributed by atoms with Gasteiger partial charge in [-0.15, -0.1) is 0 Å². The Balaban J connectivity index is 2.09. The number of hydrogen-bond donors (Lipinski definition) is 2. The van der Waals surface area contributed by atoms with Crippen LogP contribution in [-0.4, -0.2) is 19.3 Å². The number of nitrogens with one attached hydrogen (secondary N) is 1. The summed E-state index contributed by atoms with van der Waals surface area (Å²) < 4.78 is 28.3. The van der Waals surface area contributed by atoms with Gasteiger partial charge in [-0.05, 0) is 44.2 Å². The van der Waals surface area contributed by atoms with Gasteiger partial charge >= 0.3 is 0 Å². The van der Waals surface area contributed by atoms with Gasteiger partial charge < -0.3 is 4.74 Å². The molecule has 3 rings (SSSR count). The maximum atomic E-state index is 10.9. The van der Waals surface area contributed by atoms with Crippen LogP contribution < -0.4 is 9.46 Å². The third-order valence-electron chi connectivity index (χ3n) is 3.35. The van der Waals surface area contributed by atoms with Crippen molar-refractivity contribution in [3.05, 3.63) is 58.9 Å². The summed E-state index contributed by atoms with van der Waals surface area (Å²) in [6.07, 6.45) is 3.60. The van der Waals surface area contributed by atoms with E-state index in [4.69, 9.17) is 20.9 Å². The van der Waals surface area contributed by atoms with E-state index in [0.29, 0.717) is 16.5 Å². The summed E-state index contributed by atoms with van der Waals surface area (Å²) in [6, 6.07) is 8.90. The normalized spacial score (nSPS) is 16.8. The van der Waals surface area contributed by atoms with Crippen molar-refractivity contribution in [2.75, 3.05) is 4.72 Å². The van der Waals surface area contributed by atoms with E-state index in [2.05, 4.69) is 9.71 Å². The fourth-order valence-corrected chi connectivity index (χ4v) is 2.92. The molecule has 5 nitrogen and oxygen atoms in total. The summed E-state index contributed by atoms with van der Waals surface area (Å²) in [5.41, 5.74) is 2.57. The Morgan fingerprint density at radius 1 is 1.30 bits per heavy atom. The molecule has 0 saturated heterocycles. The molecule has 0 spiro atoms. The van der Waals surface area contributed by atoms with Crippen LogP contribution in [0, 0.1) is 0 Å². The molecule has 23 heavy (non-hydrogen) atoms. The van der Waals surface area contributed by atoms with Gasteiger partial charge in [-0.1, -0.05) is 11.6 Å². The Kier molecular flexibility index (Phi) is 4.14. The molecule has 1 aliphatic rings. The van der Waals surface area contributed by atoms with Crippen molar-refractivity contribution in [2.45, 2.75) is 19.4 Å². The van der Waals surface area contributed by atoms with Crippen molar-refractivity contribution < 1.29 is 13.5 Å². The second-order valence-electron chi connectivity index (χ2n) is 5.69. The van der Waals surface area contributed by atoms with Crippen LogP contribution in [0.2, 0.25) is 5.02 Å². The highest BCUT2D eigenvalue weighted by molar-refractivity contribution is 7.80. The van der Waals surface area contributed by atoms with Crippen LogP contribution in [0.15, 0.2) is 42.6 Å². The van der Waals surface area contributed by atoms with Crippen LogP contribution in [0.5, 0.6) is 5.75 Å². The lowest BCUT2D eigenvalue weighted by Crippen LogP contribution is -2.29. The summed E-state index contributed by atoms with van der Waals surface area (Å²) in [7, 11) is 0. The largest absolute Gasteiger partial charge is 0.483 e. The minimum Gasteiger partial charge on any atom is -0.483 e. The fourth-order valence-electron chi connectivity index (χ4n) is 2.48. The zero-order chi connectivity index (χ0) is 16.6. The summed E-state index contributed by atoms with van der Waals surface area (Å²) >= 11 is 3.78. The van der Waals surface area contributed by atoms with Crippen molar-refractivity contribution in [3.63, 3.8) is 0 Å². The molecule has 1 aliphatic heterocycles. The van der Waals surface area contributed by atoms with Gasteiger partial charge in [-0.25, -0.2) is 4.21 Å². The minimum atomic E-state index is -2.13. The molecule has 0 radical (unpaired) electrons. The number of anilines is 1. The predicted molar refractivity (Wildman–Crippen MR) is 91.9 cm³/mol. The van der Waals surface area contributed by atoms with Crippen LogP contribution in [0.3, 0.4) is 0 Å². The molecular formula is C16H15ClN2O3S. The molecule has 0 fully saturated rings. The molecule has 2 N–H and O–H groups in total. The van der Waals surface area contributed by atoms with Gasteiger partial charge in [0.25, 0.3) is 11.3 Å². The summed E-state index contributed by atoms with van der Waals surface area (Å²) in [4.78, 5) is 4.38. The number of benzene rings is 1. The zero-order valence-corrected chi connectivity index (χ0v) is 14.1. The number of rotatable bonds is 3. The molecule has 0 aliphatic carbocycles. The third kappa shape index (κ3) is 3.55. The third-order valence-corrected chi connectivity index (χ3v) is 3.98. The van der Waals surface area contributed by atoms with Gasteiger partial charge in [-0.3, -0.25) is 14.3 Å². The topological polar surface area (TPSA) is 71.5 Å². The first-order chi connectivity index (χ1) is 10.8. The van der Waals surface area contributed by atoms with Gasteiger partial charge in [0.15, 0.2) is 0 Å². The lowest BCUT2D eigenvalue weighted by molar-refractivity contribution is 0.158. The fraction of sp³-hybridized carbons (Fsp3) is 0.188. The molecule has 2 heterocycles. The van der Waals surface area contributed by atoms with Crippen molar-refractivity contribution in [1.29, 1.82) is 0 Å². The van der Waals surface area contributed by atoms with Crippen molar-refractivity contribution in [1.82, 2.24) is 4.98 Å². The molecular weight excluding hydrogens is 336 g/mol. The molecule has 0 bridgehead atoms. The Labute approximate surface area is 141 Å². The Bertz CT molecular complexity index is 803. The van der Waals surface area contributed by atoms with Gasteiger partial charge in [0.2, 0.25) is 0 Å². The summed E-state index contributed by atoms with van der Waals surface area (Å²) in [6.45, 7) is 3.88. The van der Waals surface area contributed by atoms with Crippen LogP contribution in [0.1, 0.15) is 25.1 Å². The quantitative estimate of drug-likeness (QED) is 0.824. The van der Waals surface area contributed by atoms with E-state index < -0.39 is 16.9 Å².